The predicted molar refractivity (Wildman–Crippen MR) is 52.3 cm³/mol. The van der Waals surface area contributed by atoms with E-state index in [-0.39, 0.29) is 5.41 Å². The fourth-order valence-electron chi connectivity index (χ4n) is 0.945. The summed E-state index contributed by atoms with van der Waals surface area (Å²) in [5.74, 6) is 0. The number of hydrogen-bond acceptors (Lipinski definition) is 2. The van der Waals surface area contributed by atoms with Gasteiger partial charge < -0.3 is 0 Å². The van der Waals surface area contributed by atoms with Crippen LogP contribution in [0.4, 0.5) is 0 Å². The molecular formula is C10H13NS. The summed E-state index contributed by atoms with van der Waals surface area (Å²) < 4.78 is 0. The molecule has 0 N–H and O–H groups in total. The van der Waals surface area contributed by atoms with Gasteiger partial charge in [-0.05, 0) is 22.4 Å². The van der Waals surface area contributed by atoms with Gasteiger partial charge in [0.15, 0.2) is 0 Å². The highest BCUT2D eigenvalue weighted by Crippen LogP contribution is 2.27. The van der Waals surface area contributed by atoms with Crippen molar-refractivity contribution in [2.24, 2.45) is 0 Å². The Morgan fingerprint density at radius 3 is 2.58 bits per heavy atom. The van der Waals surface area contributed by atoms with Crippen molar-refractivity contribution in [3.63, 3.8) is 0 Å². The highest BCUT2D eigenvalue weighted by molar-refractivity contribution is 7.10. The van der Waals surface area contributed by atoms with Gasteiger partial charge in [-0.3, -0.25) is 0 Å². The van der Waals surface area contributed by atoms with Crippen molar-refractivity contribution < 1.29 is 0 Å². The number of rotatable bonds is 1. The van der Waals surface area contributed by atoms with E-state index in [1.165, 1.54) is 10.4 Å². The van der Waals surface area contributed by atoms with Gasteiger partial charge in [-0.2, -0.15) is 5.26 Å². The molecule has 1 aromatic heterocycles. The van der Waals surface area contributed by atoms with Crippen LogP contribution in [0.1, 0.15) is 31.2 Å². The van der Waals surface area contributed by atoms with Crippen molar-refractivity contribution >= 4 is 11.3 Å². The first kappa shape index (κ1) is 9.28. The maximum Gasteiger partial charge on any atom is 0.0695 e. The molecule has 0 radical (unpaired) electrons. The summed E-state index contributed by atoms with van der Waals surface area (Å²) in [6.45, 7) is 6.56. The lowest BCUT2D eigenvalue weighted by atomic mass is 9.89. The highest BCUT2D eigenvalue weighted by Gasteiger charge is 2.14. The smallest absolute Gasteiger partial charge is 0.0695 e. The molecule has 0 amide bonds. The lowest BCUT2D eigenvalue weighted by Crippen LogP contribution is -2.08. The van der Waals surface area contributed by atoms with Gasteiger partial charge in [-0.1, -0.05) is 20.8 Å². The SMILES string of the molecule is CC(C)(C)c1csc(CC#N)c1. The fourth-order valence-corrected chi connectivity index (χ4v) is 1.99. The second-order valence-electron chi connectivity index (χ2n) is 3.89. The normalized spacial score (nSPS) is 11.2. The minimum absolute atomic E-state index is 0.213. The van der Waals surface area contributed by atoms with Gasteiger partial charge in [0.25, 0.3) is 0 Å². The van der Waals surface area contributed by atoms with Gasteiger partial charge in [-0.25, -0.2) is 0 Å². The molecule has 0 unspecified atom stereocenters. The summed E-state index contributed by atoms with van der Waals surface area (Å²) in [5, 5.41) is 10.6. The largest absolute Gasteiger partial charge is 0.198 e. The molecule has 0 saturated carbocycles. The average Bonchev–Trinajstić information content (AvgIpc) is 2.35. The molecule has 1 rings (SSSR count). The zero-order valence-corrected chi connectivity index (χ0v) is 8.53. The summed E-state index contributed by atoms with van der Waals surface area (Å²) in [6.07, 6.45) is 0.542. The molecule has 0 spiro atoms. The van der Waals surface area contributed by atoms with E-state index in [9.17, 15) is 0 Å². The molecular weight excluding hydrogens is 166 g/mol. The first-order valence-electron chi connectivity index (χ1n) is 3.99. The van der Waals surface area contributed by atoms with Crippen LogP contribution in [0.2, 0.25) is 0 Å². The summed E-state index contributed by atoms with van der Waals surface area (Å²) in [6, 6.07) is 4.29. The third-order valence-electron chi connectivity index (χ3n) is 1.77. The van der Waals surface area contributed by atoms with Crippen LogP contribution in [0.15, 0.2) is 11.4 Å². The van der Waals surface area contributed by atoms with Crippen LogP contribution in [0.25, 0.3) is 0 Å². The Morgan fingerprint density at radius 2 is 2.17 bits per heavy atom. The zero-order chi connectivity index (χ0) is 9.19. The molecule has 1 heterocycles. The Labute approximate surface area is 77.7 Å². The van der Waals surface area contributed by atoms with Crippen molar-refractivity contribution in [3.05, 3.63) is 21.9 Å². The van der Waals surface area contributed by atoms with Crippen LogP contribution in [-0.4, -0.2) is 0 Å². The van der Waals surface area contributed by atoms with Gasteiger partial charge in [0.2, 0.25) is 0 Å². The maximum absolute atomic E-state index is 8.49. The summed E-state index contributed by atoms with van der Waals surface area (Å²) >= 11 is 1.68. The summed E-state index contributed by atoms with van der Waals surface area (Å²) in [7, 11) is 0. The predicted octanol–water partition coefficient (Wildman–Crippen LogP) is 3.11. The van der Waals surface area contributed by atoms with Crippen molar-refractivity contribution in [1.29, 1.82) is 5.26 Å². The van der Waals surface area contributed by atoms with E-state index in [1.807, 2.05) is 0 Å². The van der Waals surface area contributed by atoms with E-state index in [4.69, 9.17) is 5.26 Å². The van der Waals surface area contributed by atoms with E-state index < -0.39 is 0 Å². The molecule has 0 aliphatic heterocycles. The average molecular weight is 179 g/mol. The van der Waals surface area contributed by atoms with E-state index in [0.29, 0.717) is 6.42 Å². The van der Waals surface area contributed by atoms with Crippen molar-refractivity contribution in [1.82, 2.24) is 0 Å². The van der Waals surface area contributed by atoms with Crippen molar-refractivity contribution in [3.8, 4) is 6.07 Å². The van der Waals surface area contributed by atoms with Gasteiger partial charge in [-0.15, -0.1) is 11.3 Å². The van der Waals surface area contributed by atoms with Crippen LogP contribution in [0.5, 0.6) is 0 Å². The second kappa shape index (κ2) is 3.28. The van der Waals surface area contributed by atoms with E-state index in [2.05, 4.69) is 38.3 Å². The Hall–Kier alpha value is -0.810. The molecule has 0 fully saturated rings. The molecule has 0 atom stereocenters. The van der Waals surface area contributed by atoms with Crippen LogP contribution >= 0.6 is 11.3 Å². The standard InChI is InChI=1S/C10H13NS/c1-10(2,3)8-6-9(4-5-11)12-7-8/h6-7H,4H2,1-3H3. The van der Waals surface area contributed by atoms with Gasteiger partial charge in [0.05, 0.1) is 12.5 Å². The molecule has 2 heteroatoms. The van der Waals surface area contributed by atoms with Crippen molar-refractivity contribution in [2.45, 2.75) is 32.6 Å². The maximum atomic E-state index is 8.49. The third kappa shape index (κ3) is 2.09. The number of thiophene rings is 1. The molecule has 64 valence electrons. The number of hydrogen-bond donors (Lipinski definition) is 0. The summed E-state index contributed by atoms with van der Waals surface area (Å²) in [5.41, 5.74) is 1.54. The molecule has 0 aromatic carbocycles. The number of nitrogens with zero attached hydrogens (tertiary/aromatic N) is 1. The lowest BCUT2D eigenvalue weighted by Gasteiger charge is -2.15. The Kier molecular flexibility index (Phi) is 2.54. The lowest BCUT2D eigenvalue weighted by molar-refractivity contribution is 0.592. The van der Waals surface area contributed by atoms with Crippen LogP contribution in [0.3, 0.4) is 0 Å². The van der Waals surface area contributed by atoms with E-state index in [1.54, 1.807) is 11.3 Å². The summed E-state index contributed by atoms with van der Waals surface area (Å²) in [4.78, 5) is 1.17. The topological polar surface area (TPSA) is 23.8 Å². The minimum Gasteiger partial charge on any atom is -0.198 e. The van der Waals surface area contributed by atoms with Crippen LogP contribution in [0, 0.1) is 11.3 Å². The molecule has 1 nitrogen and oxygen atoms in total. The molecule has 12 heavy (non-hydrogen) atoms. The Morgan fingerprint density at radius 1 is 1.50 bits per heavy atom. The zero-order valence-electron chi connectivity index (χ0n) is 7.72. The molecule has 0 saturated heterocycles. The molecule has 0 bridgehead atoms. The quantitative estimate of drug-likeness (QED) is 0.649. The first-order chi connectivity index (χ1) is 5.54. The van der Waals surface area contributed by atoms with Gasteiger partial charge >= 0.3 is 0 Å². The van der Waals surface area contributed by atoms with Crippen LogP contribution in [-0.2, 0) is 11.8 Å². The van der Waals surface area contributed by atoms with Crippen molar-refractivity contribution in [2.75, 3.05) is 0 Å². The Balaban J connectivity index is 2.86. The van der Waals surface area contributed by atoms with E-state index >= 15 is 0 Å². The fraction of sp³-hybridized carbons (Fsp3) is 0.500. The third-order valence-corrected chi connectivity index (χ3v) is 2.71. The first-order valence-corrected chi connectivity index (χ1v) is 4.87. The highest BCUT2D eigenvalue weighted by atomic mass is 32.1. The van der Waals surface area contributed by atoms with Gasteiger partial charge in [0.1, 0.15) is 0 Å². The number of nitriles is 1. The monoisotopic (exact) mass is 179 g/mol. The molecule has 0 aliphatic carbocycles. The second-order valence-corrected chi connectivity index (χ2v) is 4.88. The Bertz CT molecular complexity index is 298. The van der Waals surface area contributed by atoms with Gasteiger partial charge in [0, 0.05) is 4.88 Å². The van der Waals surface area contributed by atoms with Crippen LogP contribution < -0.4 is 0 Å². The molecule has 0 aliphatic rings. The minimum atomic E-state index is 0.213. The molecule has 1 aromatic rings. The van der Waals surface area contributed by atoms with E-state index in [0.717, 1.165) is 0 Å².